The minimum atomic E-state index is 0.311. The molecule has 2 aliphatic heterocycles. The molecule has 0 aromatic heterocycles. The summed E-state index contributed by atoms with van der Waals surface area (Å²) in [7, 11) is 0. The third kappa shape index (κ3) is 3.99. The van der Waals surface area contributed by atoms with Gasteiger partial charge in [0.1, 0.15) is 5.75 Å². The topological polar surface area (TPSA) is 55.8 Å². The second-order valence-electron chi connectivity index (χ2n) is 6.39. The van der Waals surface area contributed by atoms with Gasteiger partial charge in [-0.05, 0) is 43.1 Å². The number of nitrogens with one attached hydrogen (secondary N) is 1. The van der Waals surface area contributed by atoms with Crippen molar-refractivity contribution in [1.29, 1.82) is 0 Å². The highest BCUT2D eigenvalue weighted by atomic mass is 16.3. The number of hydrogen-bond acceptors (Lipinski definition) is 4. The molecule has 2 saturated heterocycles. The lowest BCUT2D eigenvalue weighted by molar-refractivity contribution is -0.133. The van der Waals surface area contributed by atoms with Crippen LogP contribution in [0.4, 0.5) is 0 Å². The molecule has 3 rings (SSSR count). The summed E-state index contributed by atoms with van der Waals surface area (Å²) in [4.78, 5) is 16.7. The Bertz CT molecular complexity index is 506. The lowest BCUT2D eigenvalue weighted by Gasteiger charge is -2.35. The number of carbonyl (C=O) groups excluding carboxylic acids is 1. The van der Waals surface area contributed by atoms with Crippen molar-refractivity contribution in [2.24, 2.45) is 5.92 Å². The quantitative estimate of drug-likeness (QED) is 0.872. The molecule has 1 aromatic carbocycles. The van der Waals surface area contributed by atoms with E-state index >= 15 is 0 Å². The van der Waals surface area contributed by atoms with E-state index < -0.39 is 0 Å². The van der Waals surface area contributed by atoms with Gasteiger partial charge in [-0.3, -0.25) is 9.69 Å². The van der Waals surface area contributed by atoms with Crippen molar-refractivity contribution >= 4 is 5.91 Å². The first-order valence-electron chi connectivity index (χ1n) is 8.19. The van der Waals surface area contributed by atoms with E-state index in [0.717, 1.165) is 57.8 Å². The number of carbonyl (C=O) groups is 1. The Hall–Kier alpha value is -1.59. The molecular weight excluding hydrogens is 278 g/mol. The van der Waals surface area contributed by atoms with Gasteiger partial charge < -0.3 is 15.3 Å². The van der Waals surface area contributed by atoms with E-state index in [1.54, 1.807) is 6.07 Å². The molecule has 2 N–H and O–H groups in total. The van der Waals surface area contributed by atoms with Gasteiger partial charge in [0.15, 0.2) is 0 Å². The lowest BCUT2D eigenvalue weighted by atomic mass is 10.0. The van der Waals surface area contributed by atoms with E-state index in [0.29, 0.717) is 24.0 Å². The predicted octanol–water partition coefficient (Wildman–Crippen LogP) is 1.04. The van der Waals surface area contributed by atoms with Crippen molar-refractivity contribution in [2.45, 2.75) is 19.4 Å². The van der Waals surface area contributed by atoms with Gasteiger partial charge in [-0.2, -0.15) is 0 Å². The molecule has 5 nitrogen and oxygen atoms in total. The molecule has 0 bridgehead atoms. The van der Waals surface area contributed by atoms with Crippen LogP contribution in [0.15, 0.2) is 24.3 Å². The van der Waals surface area contributed by atoms with Crippen LogP contribution < -0.4 is 5.32 Å². The van der Waals surface area contributed by atoms with Crippen LogP contribution in [-0.4, -0.2) is 60.1 Å². The predicted molar refractivity (Wildman–Crippen MR) is 85.6 cm³/mol. The average molecular weight is 303 g/mol. The van der Waals surface area contributed by atoms with E-state index in [9.17, 15) is 9.90 Å². The highest BCUT2D eigenvalue weighted by Crippen LogP contribution is 2.17. The molecular formula is C17H25N3O2. The molecule has 0 aliphatic carbocycles. The van der Waals surface area contributed by atoms with Crippen molar-refractivity contribution in [2.75, 3.05) is 39.3 Å². The van der Waals surface area contributed by atoms with Gasteiger partial charge >= 0.3 is 0 Å². The number of amides is 1. The fourth-order valence-corrected chi connectivity index (χ4v) is 3.33. The second-order valence-corrected chi connectivity index (χ2v) is 6.39. The van der Waals surface area contributed by atoms with Gasteiger partial charge in [0, 0.05) is 39.1 Å². The van der Waals surface area contributed by atoms with E-state index in [1.807, 2.05) is 23.1 Å². The van der Waals surface area contributed by atoms with Crippen molar-refractivity contribution in [3.63, 3.8) is 0 Å². The molecule has 22 heavy (non-hydrogen) atoms. The number of rotatable bonds is 4. The minimum absolute atomic E-state index is 0.311. The molecule has 1 aromatic rings. The molecule has 0 saturated carbocycles. The van der Waals surface area contributed by atoms with E-state index in [1.165, 1.54) is 0 Å². The number of phenolic OH excluding ortho intramolecular Hbond substituents is 1. The molecule has 0 spiro atoms. The van der Waals surface area contributed by atoms with Gasteiger partial charge in [0.2, 0.25) is 5.91 Å². The van der Waals surface area contributed by atoms with Gasteiger partial charge in [-0.15, -0.1) is 0 Å². The molecule has 5 heteroatoms. The lowest BCUT2D eigenvalue weighted by Crippen LogP contribution is -2.48. The molecule has 2 heterocycles. The Morgan fingerprint density at radius 1 is 1.27 bits per heavy atom. The van der Waals surface area contributed by atoms with Crippen LogP contribution in [0.5, 0.6) is 5.75 Å². The summed E-state index contributed by atoms with van der Waals surface area (Å²) in [5, 5.41) is 12.8. The molecule has 2 aliphatic rings. The van der Waals surface area contributed by atoms with E-state index in [4.69, 9.17) is 0 Å². The van der Waals surface area contributed by atoms with Crippen LogP contribution in [0.3, 0.4) is 0 Å². The Morgan fingerprint density at radius 2 is 2.09 bits per heavy atom. The van der Waals surface area contributed by atoms with Crippen LogP contribution in [0, 0.1) is 5.92 Å². The largest absolute Gasteiger partial charge is 0.508 e. The number of hydrogen-bond donors (Lipinski definition) is 2. The molecule has 120 valence electrons. The molecule has 1 atom stereocenters. The monoisotopic (exact) mass is 303 g/mol. The van der Waals surface area contributed by atoms with Gasteiger partial charge in [-0.25, -0.2) is 0 Å². The summed E-state index contributed by atoms with van der Waals surface area (Å²) in [5.74, 6) is 1.15. The summed E-state index contributed by atoms with van der Waals surface area (Å²) in [6.07, 6.45) is 1.82. The highest BCUT2D eigenvalue weighted by Gasteiger charge is 2.24. The third-order valence-corrected chi connectivity index (χ3v) is 4.67. The molecule has 0 radical (unpaired) electrons. The highest BCUT2D eigenvalue weighted by molar-refractivity contribution is 5.76. The Labute approximate surface area is 131 Å². The number of nitrogens with zero attached hydrogens (tertiary/aromatic N) is 2. The summed E-state index contributed by atoms with van der Waals surface area (Å²) in [6.45, 7) is 6.33. The number of piperazine rings is 1. The van der Waals surface area contributed by atoms with E-state index in [2.05, 4.69) is 10.2 Å². The van der Waals surface area contributed by atoms with Crippen LogP contribution in [-0.2, 0) is 11.3 Å². The van der Waals surface area contributed by atoms with Crippen LogP contribution in [0.2, 0.25) is 0 Å². The van der Waals surface area contributed by atoms with Crippen molar-refractivity contribution in [1.82, 2.24) is 15.1 Å². The fraction of sp³-hybridized carbons (Fsp3) is 0.588. The maximum Gasteiger partial charge on any atom is 0.222 e. The first-order valence-corrected chi connectivity index (χ1v) is 8.19. The minimum Gasteiger partial charge on any atom is -0.508 e. The van der Waals surface area contributed by atoms with Gasteiger partial charge in [0.25, 0.3) is 0 Å². The maximum absolute atomic E-state index is 12.3. The first kappa shape index (κ1) is 15.3. The van der Waals surface area contributed by atoms with Crippen LogP contribution >= 0.6 is 0 Å². The third-order valence-electron chi connectivity index (χ3n) is 4.67. The normalized spacial score (nSPS) is 22.9. The van der Waals surface area contributed by atoms with E-state index in [-0.39, 0.29) is 0 Å². The Kier molecular flexibility index (Phi) is 4.95. The SMILES string of the molecule is O=C(C[C@@H]1CCNC1)N1CCN(Cc2cccc(O)c2)CC1. The number of phenols is 1. The van der Waals surface area contributed by atoms with Gasteiger partial charge in [0.05, 0.1) is 0 Å². The number of benzene rings is 1. The van der Waals surface area contributed by atoms with Crippen LogP contribution in [0.1, 0.15) is 18.4 Å². The zero-order valence-electron chi connectivity index (χ0n) is 13.0. The van der Waals surface area contributed by atoms with Crippen molar-refractivity contribution < 1.29 is 9.90 Å². The average Bonchev–Trinajstić information content (AvgIpc) is 3.01. The zero-order valence-corrected chi connectivity index (χ0v) is 13.0. The standard InChI is InChI=1S/C17H25N3O2/c21-16-3-1-2-15(10-16)13-19-6-8-20(9-7-19)17(22)11-14-4-5-18-12-14/h1-3,10,14,18,21H,4-9,11-13H2/t14-/m0/s1. The smallest absolute Gasteiger partial charge is 0.222 e. The number of aromatic hydroxyl groups is 1. The summed E-state index contributed by atoms with van der Waals surface area (Å²) in [5.41, 5.74) is 1.12. The summed E-state index contributed by atoms with van der Waals surface area (Å²) < 4.78 is 0. The Balaban J connectivity index is 1.44. The molecule has 0 unspecified atom stereocenters. The zero-order chi connectivity index (χ0) is 15.4. The van der Waals surface area contributed by atoms with Crippen LogP contribution in [0.25, 0.3) is 0 Å². The Morgan fingerprint density at radius 3 is 2.77 bits per heavy atom. The maximum atomic E-state index is 12.3. The van der Waals surface area contributed by atoms with Crippen molar-refractivity contribution in [3.05, 3.63) is 29.8 Å². The molecule has 2 fully saturated rings. The summed E-state index contributed by atoms with van der Waals surface area (Å²) in [6, 6.07) is 7.41. The van der Waals surface area contributed by atoms with Gasteiger partial charge in [-0.1, -0.05) is 12.1 Å². The molecule has 1 amide bonds. The summed E-state index contributed by atoms with van der Waals surface area (Å²) >= 11 is 0. The van der Waals surface area contributed by atoms with Crippen molar-refractivity contribution in [3.8, 4) is 5.75 Å². The second kappa shape index (κ2) is 7.11. The fourth-order valence-electron chi connectivity index (χ4n) is 3.33. The first-order chi connectivity index (χ1) is 10.7.